The average Bonchev–Trinajstić information content (AvgIpc) is 2.78. The lowest BCUT2D eigenvalue weighted by molar-refractivity contribution is 0.0473. The molecule has 3 heterocycles. The number of rotatable bonds is 5. The number of anilines is 1. The van der Waals surface area contributed by atoms with Gasteiger partial charge in [0.25, 0.3) is 5.91 Å². The molecule has 144 valence electrons. The summed E-state index contributed by atoms with van der Waals surface area (Å²) in [5.74, 6) is 0.626. The number of carbonyl (C=O) groups excluding carboxylic acids is 1. The Morgan fingerprint density at radius 3 is 2.75 bits per heavy atom. The Balaban J connectivity index is 1.55. The van der Waals surface area contributed by atoms with E-state index >= 15 is 0 Å². The van der Waals surface area contributed by atoms with Crippen molar-refractivity contribution in [2.24, 2.45) is 0 Å². The van der Waals surface area contributed by atoms with E-state index in [4.69, 9.17) is 4.74 Å². The highest BCUT2D eigenvalue weighted by Crippen LogP contribution is 2.33. The normalized spacial score (nSPS) is 15.9. The summed E-state index contributed by atoms with van der Waals surface area (Å²) in [6.45, 7) is 1.87. The summed E-state index contributed by atoms with van der Waals surface area (Å²) in [7, 11) is 1.81. The van der Waals surface area contributed by atoms with Gasteiger partial charge >= 0.3 is 0 Å². The zero-order valence-electron chi connectivity index (χ0n) is 15.8. The molecule has 0 radical (unpaired) electrons. The van der Waals surface area contributed by atoms with Gasteiger partial charge in [-0.1, -0.05) is 6.07 Å². The standard InChI is InChI=1S/C21H23N5O2/c1-22-19-16-6-5-15(12-17(16)25-14-26-19)20(27)24-13-21(7-10-28-11-8-21)18-4-2-3-9-23-18/h2-6,9,12,14H,7-8,10-11,13H2,1H3,(H,24,27)(H,22,25,26). The smallest absolute Gasteiger partial charge is 0.251 e. The van der Waals surface area contributed by atoms with Gasteiger partial charge in [0, 0.05) is 55.1 Å². The Hall–Kier alpha value is -3.06. The molecular weight excluding hydrogens is 354 g/mol. The molecule has 2 N–H and O–H groups in total. The van der Waals surface area contributed by atoms with Crippen LogP contribution in [0.4, 0.5) is 5.82 Å². The highest BCUT2D eigenvalue weighted by atomic mass is 16.5. The molecule has 28 heavy (non-hydrogen) atoms. The van der Waals surface area contributed by atoms with Gasteiger partial charge in [-0.25, -0.2) is 9.97 Å². The van der Waals surface area contributed by atoms with Crippen molar-refractivity contribution in [1.82, 2.24) is 20.3 Å². The van der Waals surface area contributed by atoms with Crippen molar-refractivity contribution in [1.29, 1.82) is 0 Å². The number of nitrogens with one attached hydrogen (secondary N) is 2. The lowest BCUT2D eigenvalue weighted by Crippen LogP contribution is -2.45. The Bertz CT molecular complexity index is 971. The van der Waals surface area contributed by atoms with E-state index < -0.39 is 0 Å². The predicted octanol–water partition coefficient (Wildman–Crippen LogP) is 2.54. The maximum atomic E-state index is 12.8. The number of pyridine rings is 1. The molecule has 2 aromatic heterocycles. The van der Waals surface area contributed by atoms with E-state index in [0.717, 1.165) is 35.3 Å². The second-order valence-electron chi connectivity index (χ2n) is 6.99. The first kappa shape index (κ1) is 18.3. The fourth-order valence-corrected chi connectivity index (χ4v) is 3.71. The van der Waals surface area contributed by atoms with Crippen molar-refractivity contribution in [3.63, 3.8) is 0 Å². The van der Waals surface area contributed by atoms with Crippen molar-refractivity contribution in [3.8, 4) is 0 Å². The minimum atomic E-state index is -0.201. The van der Waals surface area contributed by atoms with Gasteiger partial charge in [0.1, 0.15) is 12.1 Å². The van der Waals surface area contributed by atoms with Gasteiger partial charge < -0.3 is 15.4 Å². The van der Waals surface area contributed by atoms with Crippen LogP contribution in [0.1, 0.15) is 28.9 Å². The third kappa shape index (κ3) is 3.53. The van der Waals surface area contributed by atoms with Gasteiger partial charge in [-0.05, 0) is 43.2 Å². The highest BCUT2D eigenvalue weighted by molar-refractivity contribution is 5.99. The van der Waals surface area contributed by atoms with E-state index in [-0.39, 0.29) is 11.3 Å². The molecule has 0 unspecified atom stereocenters. The lowest BCUT2D eigenvalue weighted by atomic mass is 9.76. The molecule has 1 aliphatic heterocycles. The van der Waals surface area contributed by atoms with Gasteiger partial charge in [0.15, 0.2) is 0 Å². The molecule has 1 aliphatic rings. The predicted molar refractivity (Wildman–Crippen MR) is 107 cm³/mol. The molecule has 7 nitrogen and oxygen atoms in total. The van der Waals surface area contributed by atoms with Crippen LogP contribution in [0.25, 0.3) is 10.9 Å². The molecule has 0 aliphatic carbocycles. The second-order valence-corrected chi connectivity index (χ2v) is 6.99. The molecule has 7 heteroatoms. The van der Waals surface area contributed by atoms with Crippen molar-refractivity contribution in [2.45, 2.75) is 18.3 Å². The number of hydrogen-bond acceptors (Lipinski definition) is 6. The van der Waals surface area contributed by atoms with Crippen LogP contribution in [0.2, 0.25) is 0 Å². The van der Waals surface area contributed by atoms with Crippen LogP contribution in [-0.4, -0.2) is 47.7 Å². The number of fused-ring (bicyclic) bond motifs is 1. The van der Waals surface area contributed by atoms with E-state index in [1.54, 1.807) is 18.3 Å². The fraction of sp³-hybridized carbons (Fsp3) is 0.333. The largest absolute Gasteiger partial charge is 0.381 e. The third-order valence-corrected chi connectivity index (χ3v) is 5.38. The topological polar surface area (TPSA) is 89.0 Å². The third-order valence-electron chi connectivity index (χ3n) is 5.38. The average molecular weight is 377 g/mol. The molecule has 1 saturated heterocycles. The number of benzene rings is 1. The molecule has 1 aromatic carbocycles. The van der Waals surface area contributed by atoms with Crippen LogP contribution < -0.4 is 10.6 Å². The van der Waals surface area contributed by atoms with Crippen LogP contribution in [0.3, 0.4) is 0 Å². The fourth-order valence-electron chi connectivity index (χ4n) is 3.71. The van der Waals surface area contributed by atoms with Crippen LogP contribution in [-0.2, 0) is 10.2 Å². The van der Waals surface area contributed by atoms with Crippen molar-refractivity contribution in [3.05, 3.63) is 60.2 Å². The number of amides is 1. The Morgan fingerprint density at radius 2 is 2.00 bits per heavy atom. The number of ether oxygens (including phenoxy) is 1. The summed E-state index contributed by atoms with van der Waals surface area (Å²) in [4.78, 5) is 25.9. The van der Waals surface area contributed by atoms with Crippen LogP contribution in [0.5, 0.6) is 0 Å². The minimum Gasteiger partial charge on any atom is -0.381 e. The Kier molecular flexibility index (Phi) is 5.16. The van der Waals surface area contributed by atoms with Crippen molar-refractivity contribution >= 4 is 22.6 Å². The van der Waals surface area contributed by atoms with E-state index in [2.05, 4.69) is 25.6 Å². The lowest BCUT2D eigenvalue weighted by Gasteiger charge is -2.36. The number of hydrogen-bond donors (Lipinski definition) is 2. The summed E-state index contributed by atoms with van der Waals surface area (Å²) < 4.78 is 5.55. The molecule has 1 fully saturated rings. The zero-order chi connectivity index (χ0) is 19.4. The summed E-state index contributed by atoms with van der Waals surface area (Å²) in [5.41, 5.74) is 2.12. The van der Waals surface area contributed by atoms with Crippen LogP contribution >= 0.6 is 0 Å². The number of carbonyl (C=O) groups is 1. The van der Waals surface area contributed by atoms with Crippen molar-refractivity contribution in [2.75, 3.05) is 32.1 Å². The molecular formula is C21H23N5O2. The van der Waals surface area contributed by atoms with Gasteiger partial charge in [-0.15, -0.1) is 0 Å². The van der Waals surface area contributed by atoms with Crippen LogP contribution in [0.15, 0.2) is 48.9 Å². The first-order chi connectivity index (χ1) is 13.7. The van der Waals surface area contributed by atoms with Gasteiger partial charge in [0.2, 0.25) is 0 Å². The van der Waals surface area contributed by atoms with E-state index in [0.29, 0.717) is 25.3 Å². The Morgan fingerprint density at radius 1 is 1.14 bits per heavy atom. The molecule has 1 amide bonds. The van der Waals surface area contributed by atoms with Crippen LogP contribution in [0, 0.1) is 0 Å². The van der Waals surface area contributed by atoms with E-state index in [1.165, 1.54) is 6.33 Å². The quantitative estimate of drug-likeness (QED) is 0.710. The maximum Gasteiger partial charge on any atom is 0.251 e. The molecule has 0 spiro atoms. The molecule has 0 bridgehead atoms. The molecule has 0 saturated carbocycles. The summed E-state index contributed by atoms with van der Waals surface area (Å²) in [6.07, 6.45) is 4.96. The van der Waals surface area contributed by atoms with Crippen molar-refractivity contribution < 1.29 is 9.53 Å². The monoisotopic (exact) mass is 377 g/mol. The van der Waals surface area contributed by atoms with Gasteiger partial charge in [0.05, 0.1) is 5.52 Å². The van der Waals surface area contributed by atoms with Gasteiger partial charge in [-0.2, -0.15) is 0 Å². The first-order valence-corrected chi connectivity index (χ1v) is 9.42. The Labute approximate surface area is 163 Å². The number of aromatic nitrogens is 3. The molecule has 4 rings (SSSR count). The first-order valence-electron chi connectivity index (χ1n) is 9.42. The highest BCUT2D eigenvalue weighted by Gasteiger charge is 2.36. The SMILES string of the molecule is CNc1ncnc2cc(C(=O)NCC3(c4ccccn4)CCOCC3)ccc12. The summed E-state index contributed by atoms with van der Waals surface area (Å²) >= 11 is 0. The molecule has 3 aromatic rings. The minimum absolute atomic E-state index is 0.117. The number of nitrogens with zero attached hydrogens (tertiary/aromatic N) is 3. The van der Waals surface area contributed by atoms with Gasteiger partial charge in [-0.3, -0.25) is 9.78 Å². The zero-order valence-corrected chi connectivity index (χ0v) is 15.8. The summed E-state index contributed by atoms with van der Waals surface area (Å²) in [5, 5.41) is 7.03. The second kappa shape index (κ2) is 7.90. The maximum absolute atomic E-state index is 12.8. The van der Waals surface area contributed by atoms with E-state index in [9.17, 15) is 4.79 Å². The summed E-state index contributed by atoms with van der Waals surface area (Å²) in [6, 6.07) is 11.4. The molecule has 0 atom stereocenters. The van der Waals surface area contributed by atoms with E-state index in [1.807, 2.05) is 31.3 Å².